The Labute approximate surface area is 112 Å². The van der Waals surface area contributed by atoms with E-state index in [9.17, 15) is 4.79 Å². The van der Waals surface area contributed by atoms with E-state index in [0.717, 1.165) is 45.3 Å². The Morgan fingerprint density at radius 1 is 1.39 bits per heavy atom. The summed E-state index contributed by atoms with van der Waals surface area (Å²) in [6.07, 6.45) is 4.10. The summed E-state index contributed by atoms with van der Waals surface area (Å²) in [6, 6.07) is 0.433. The minimum atomic E-state index is 0.350. The molecule has 0 aromatic carbocycles. The van der Waals surface area contributed by atoms with Gasteiger partial charge in [0.2, 0.25) is 5.91 Å². The second-order valence-electron chi connectivity index (χ2n) is 6.08. The van der Waals surface area contributed by atoms with E-state index in [1.165, 1.54) is 0 Å². The van der Waals surface area contributed by atoms with E-state index in [0.29, 0.717) is 23.8 Å². The Balaban J connectivity index is 2.52. The van der Waals surface area contributed by atoms with Gasteiger partial charge >= 0.3 is 0 Å². The lowest BCUT2D eigenvalue weighted by Gasteiger charge is -2.30. The molecule has 106 valence electrons. The number of carbonyl (C=O) groups is 1. The van der Waals surface area contributed by atoms with Gasteiger partial charge in [-0.25, -0.2) is 0 Å². The fourth-order valence-corrected chi connectivity index (χ4v) is 2.44. The van der Waals surface area contributed by atoms with Crippen molar-refractivity contribution in [2.24, 2.45) is 11.8 Å². The highest BCUT2D eigenvalue weighted by Crippen LogP contribution is 2.18. The topological polar surface area (TPSA) is 32.3 Å². The van der Waals surface area contributed by atoms with E-state index >= 15 is 0 Å². The monoisotopic (exact) mass is 254 g/mol. The summed E-state index contributed by atoms with van der Waals surface area (Å²) in [5, 5.41) is 3.57. The highest BCUT2D eigenvalue weighted by Gasteiger charge is 2.23. The molecular formula is C15H30N2O. The predicted octanol–water partition coefficient (Wildman–Crippen LogP) is 2.66. The van der Waals surface area contributed by atoms with Gasteiger partial charge in [0, 0.05) is 25.6 Å². The number of nitrogens with zero attached hydrogens (tertiary/aromatic N) is 1. The molecule has 0 aromatic rings. The van der Waals surface area contributed by atoms with Crippen LogP contribution in [0.1, 0.15) is 53.4 Å². The van der Waals surface area contributed by atoms with Gasteiger partial charge in [-0.15, -0.1) is 0 Å². The molecule has 2 unspecified atom stereocenters. The van der Waals surface area contributed by atoms with Crippen molar-refractivity contribution in [2.45, 2.75) is 59.4 Å². The third-order valence-corrected chi connectivity index (χ3v) is 3.97. The smallest absolute Gasteiger partial charge is 0.222 e. The zero-order valence-corrected chi connectivity index (χ0v) is 12.5. The predicted molar refractivity (Wildman–Crippen MR) is 76.5 cm³/mol. The highest BCUT2D eigenvalue weighted by molar-refractivity contribution is 5.76. The molecule has 0 aliphatic carbocycles. The minimum absolute atomic E-state index is 0.350. The third-order valence-electron chi connectivity index (χ3n) is 3.97. The van der Waals surface area contributed by atoms with Crippen LogP contribution < -0.4 is 5.32 Å². The number of likely N-dealkylation sites (tertiary alicyclic amines) is 1. The first-order valence-electron chi connectivity index (χ1n) is 7.55. The number of rotatable bonds is 6. The van der Waals surface area contributed by atoms with Gasteiger partial charge < -0.3 is 10.2 Å². The fourth-order valence-electron chi connectivity index (χ4n) is 2.44. The van der Waals surface area contributed by atoms with Crippen LogP contribution >= 0.6 is 0 Å². The van der Waals surface area contributed by atoms with Gasteiger partial charge in [-0.1, -0.05) is 27.7 Å². The average Bonchev–Trinajstić information content (AvgIpc) is 2.48. The molecule has 0 saturated carbocycles. The molecule has 0 aromatic heterocycles. The molecule has 1 saturated heterocycles. The number of hydrogen-bond donors (Lipinski definition) is 1. The summed E-state index contributed by atoms with van der Waals surface area (Å²) in [5.41, 5.74) is 0. The van der Waals surface area contributed by atoms with Gasteiger partial charge in [-0.3, -0.25) is 4.79 Å². The van der Waals surface area contributed by atoms with Crippen molar-refractivity contribution in [1.29, 1.82) is 0 Å². The molecule has 1 fully saturated rings. The Hall–Kier alpha value is -0.570. The fraction of sp³-hybridized carbons (Fsp3) is 0.933. The number of hydrogen-bond acceptors (Lipinski definition) is 2. The molecule has 0 spiro atoms. The second kappa shape index (κ2) is 7.78. The zero-order valence-electron chi connectivity index (χ0n) is 12.5. The van der Waals surface area contributed by atoms with Gasteiger partial charge in [0.05, 0.1) is 0 Å². The van der Waals surface area contributed by atoms with Crippen LogP contribution in [0.4, 0.5) is 0 Å². The average molecular weight is 254 g/mol. The molecule has 1 heterocycles. The molecule has 1 amide bonds. The Morgan fingerprint density at radius 3 is 2.72 bits per heavy atom. The number of carbonyl (C=O) groups excluding carboxylic acids is 1. The first kappa shape index (κ1) is 15.5. The number of nitrogens with one attached hydrogen (secondary N) is 1. The molecule has 3 heteroatoms. The normalized spacial score (nSPS) is 23.3. The summed E-state index contributed by atoms with van der Waals surface area (Å²) in [5.74, 6) is 1.62. The molecule has 3 nitrogen and oxygen atoms in total. The minimum Gasteiger partial charge on any atom is -0.341 e. The summed E-state index contributed by atoms with van der Waals surface area (Å²) in [7, 11) is 0. The van der Waals surface area contributed by atoms with Crippen molar-refractivity contribution in [3.05, 3.63) is 0 Å². The molecular weight excluding hydrogens is 224 g/mol. The molecule has 1 rings (SSSR count). The van der Waals surface area contributed by atoms with Crippen molar-refractivity contribution in [2.75, 3.05) is 19.6 Å². The maximum absolute atomic E-state index is 12.1. The quantitative estimate of drug-likeness (QED) is 0.790. The van der Waals surface area contributed by atoms with Crippen molar-refractivity contribution >= 4 is 5.91 Å². The number of amides is 1. The standard InChI is InChI=1S/C15H30N2O/c1-5-9-16-14(12(2)3)11-17-10-8-13(4)6-7-15(17)18/h12-14,16H,5-11H2,1-4H3. The van der Waals surface area contributed by atoms with Crippen molar-refractivity contribution < 1.29 is 4.79 Å². The first-order valence-corrected chi connectivity index (χ1v) is 7.55. The first-order chi connectivity index (χ1) is 8.54. The van der Waals surface area contributed by atoms with Crippen LogP contribution in [-0.4, -0.2) is 36.5 Å². The van der Waals surface area contributed by atoms with Crippen LogP contribution in [0.3, 0.4) is 0 Å². The van der Waals surface area contributed by atoms with E-state index < -0.39 is 0 Å². The molecule has 1 aliphatic rings. The van der Waals surface area contributed by atoms with E-state index in [1.54, 1.807) is 0 Å². The van der Waals surface area contributed by atoms with Gasteiger partial charge in [-0.05, 0) is 37.6 Å². The van der Waals surface area contributed by atoms with Gasteiger partial charge in [-0.2, -0.15) is 0 Å². The second-order valence-corrected chi connectivity index (χ2v) is 6.08. The molecule has 0 radical (unpaired) electrons. The Morgan fingerprint density at radius 2 is 2.11 bits per heavy atom. The van der Waals surface area contributed by atoms with E-state index in [2.05, 4.69) is 37.9 Å². The maximum atomic E-state index is 12.1. The van der Waals surface area contributed by atoms with Crippen LogP contribution in [0.2, 0.25) is 0 Å². The lowest BCUT2D eigenvalue weighted by Crippen LogP contribution is -2.46. The Kier molecular flexibility index (Phi) is 6.69. The van der Waals surface area contributed by atoms with Crippen LogP contribution in [0, 0.1) is 11.8 Å². The lowest BCUT2D eigenvalue weighted by atomic mass is 10.0. The SMILES string of the molecule is CCCNC(CN1CCC(C)CCC1=O)C(C)C. The van der Waals surface area contributed by atoms with Gasteiger partial charge in [0.25, 0.3) is 0 Å². The molecule has 0 bridgehead atoms. The van der Waals surface area contributed by atoms with Crippen LogP contribution in [0.5, 0.6) is 0 Å². The lowest BCUT2D eigenvalue weighted by molar-refractivity contribution is -0.131. The third kappa shape index (κ3) is 4.97. The summed E-state index contributed by atoms with van der Waals surface area (Å²) < 4.78 is 0. The highest BCUT2D eigenvalue weighted by atomic mass is 16.2. The van der Waals surface area contributed by atoms with E-state index in [-0.39, 0.29) is 0 Å². The summed E-state index contributed by atoms with van der Waals surface area (Å²) in [4.78, 5) is 14.2. The molecule has 1 N–H and O–H groups in total. The zero-order chi connectivity index (χ0) is 13.5. The van der Waals surface area contributed by atoms with Gasteiger partial charge in [0.15, 0.2) is 0 Å². The van der Waals surface area contributed by atoms with Crippen LogP contribution in [0.25, 0.3) is 0 Å². The largest absolute Gasteiger partial charge is 0.341 e. The molecule has 1 aliphatic heterocycles. The van der Waals surface area contributed by atoms with Crippen molar-refractivity contribution in [3.8, 4) is 0 Å². The van der Waals surface area contributed by atoms with Crippen molar-refractivity contribution in [3.63, 3.8) is 0 Å². The Bertz CT molecular complexity index is 253. The maximum Gasteiger partial charge on any atom is 0.222 e. The van der Waals surface area contributed by atoms with Gasteiger partial charge in [0.1, 0.15) is 0 Å². The molecule has 2 atom stereocenters. The summed E-state index contributed by atoms with van der Waals surface area (Å²) in [6.45, 7) is 11.8. The van der Waals surface area contributed by atoms with Crippen LogP contribution in [0.15, 0.2) is 0 Å². The van der Waals surface area contributed by atoms with Crippen molar-refractivity contribution in [1.82, 2.24) is 10.2 Å². The summed E-state index contributed by atoms with van der Waals surface area (Å²) >= 11 is 0. The van der Waals surface area contributed by atoms with E-state index in [1.807, 2.05) is 0 Å². The van der Waals surface area contributed by atoms with Crippen LogP contribution in [-0.2, 0) is 4.79 Å². The van der Waals surface area contributed by atoms with E-state index in [4.69, 9.17) is 0 Å². The molecule has 18 heavy (non-hydrogen) atoms.